The molecule has 2 amide bonds. The van der Waals surface area contributed by atoms with Gasteiger partial charge in [-0.2, -0.15) is 0 Å². The molecule has 6 nitrogen and oxygen atoms in total. The number of amides is 2. The van der Waals surface area contributed by atoms with Gasteiger partial charge in [0, 0.05) is 17.8 Å². The van der Waals surface area contributed by atoms with Crippen LogP contribution in [0.5, 0.6) is 0 Å². The van der Waals surface area contributed by atoms with Crippen molar-refractivity contribution in [3.05, 3.63) is 29.8 Å². The first-order valence-electron chi connectivity index (χ1n) is 8.35. The molecule has 1 aromatic rings. The van der Waals surface area contributed by atoms with Gasteiger partial charge in [0.05, 0.1) is 6.42 Å². The highest BCUT2D eigenvalue weighted by Gasteiger charge is 2.28. The van der Waals surface area contributed by atoms with E-state index in [4.69, 9.17) is 10.5 Å². The van der Waals surface area contributed by atoms with Crippen LogP contribution in [0.3, 0.4) is 0 Å². The summed E-state index contributed by atoms with van der Waals surface area (Å²) in [6.45, 7) is 5.55. The topological polar surface area (TPSA) is 93.4 Å². The first kappa shape index (κ1) is 18.1. The van der Waals surface area contributed by atoms with Crippen LogP contribution in [0, 0.1) is 0 Å². The van der Waals surface area contributed by atoms with Crippen LogP contribution < -0.4 is 16.4 Å². The van der Waals surface area contributed by atoms with Gasteiger partial charge in [-0.1, -0.05) is 18.2 Å². The minimum atomic E-state index is -0.492. The maximum atomic E-state index is 11.8. The Bertz CT molecular complexity index is 595. The number of anilines is 1. The van der Waals surface area contributed by atoms with E-state index in [0.717, 1.165) is 30.5 Å². The lowest BCUT2D eigenvalue weighted by molar-refractivity contribution is -0.117. The van der Waals surface area contributed by atoms with Gasteiger partial charge < -0.3 is 21.1 Å². The summed E-state index contributed by atoms with van der Waals surface area (Å²) < 4.78 is 5.29. The summed E-state index contributed by atoms with van der Waals surface area (Å²) in [6, 6.07) is 8.02. The van der Waals surface area contributed by atoms with Crippen LogP contribution in [-0.4, -0.2) is 29.7 Å². The first-order valence-corrected chi connectivity index (χ1v) is 8.35. The van der Waals surface area contributed by atoms with Crippen molar-refractivity contribution >= 4 is 17.7 Å². The van der Waals surface area contributed by atoms with Crippen molar-refractivity contribution in [1.82, 2.24) is 5.32 Å². The number of hydrogen-bond acceptors (Lipinski definition) is 4. The predicted octanol–water partition coefficient (Wildman–Crippen LogP) is 2.57. The minimum Gasteiger partial charge on any atom is -0.444 e. The quantitative estimate of drug-likeness (QED) is 0.772. The van der Waals surface area contributed by atoms with Crippen molar-refractivity contribution in [2.24, 2.45) is 5.73 Å². The maximum absolute atomic E-state index is 11.8. The summed E-state index contributed by atoms with van der Waals surface area (Å²) in [7, 11) is 0. The van der Waals surface area contributed by atoms with Gasteiger partial charge in [-0.25, -0.2) is 4.79 Å². The molecule has 6 heteroatoms. The third-order valence-electron chi connectivity index (χ3n) is 3.90. The molecule has 1 fully saturated rings. The number of primary amides is 1. The molecule has 1 saturated carbocycles. The molecule has 1 aliphatic rings. The lowest BCUT2D eigenvalue weighted by atomic mass is 10.1. The largest absolute Gasteiger partial charge is 0.444 e. The number of nitrogens with two attached hydrogens (primary N) is 1. The summed E-state index contributed by atoms with van der Waals surface area (Å²) in [5, 5.41) is 6.39. The van der Waals surface area contributed by atoms with E-state index in [1.54, 1.807) is 0 Å². The third-order valence-corrected chi connectivity index (χ3v) is 3.90. The molecule has 2 unspecified atom stereocenters. The van der Waals surface area contributed by atoms with Crippen molar-refractivity contribution in [3.63, 3.8) is 0 Å². The number of para-hydroxylation sites is 1. The predicted molar refractivity (Wildman–Crippen MR) is 93.8 cm³/mol. The van der Waals surface area contributed by atoms with E-state index in [1.807, 2.05) is 45.0 Å². The van der Waals surface area contributed by atoms with Crippen LogP contribution in [0.4, 0.5) is 10.5 Å². The van der Waals surface area contributed by atoms with E-state index in [9.17, 15) is 9.59 Å². The molecule has 0 heterocycles. The molecule has 132 valence electrons. The van der Waals surface area contributed by atoms with Crippen LogP contribution in [0.15, 0.2) is 24.3 Å². The average Bonchev–Trinajstić information content (AvgIpc) is 2.85. The van der Waals surface area contributed by atoms with Gasteiger partial charge in [-0.3, -0.25) is 4.79 Å². The zero-order valence-electron chi connectivity index (χ0n) is 14.6. The van der Waals surface area contributed by atoms with E-state index in [1.165, 1.54) is 0 Å². The van der Waals surface area contributed by atoms with Gasteiger partial charge in [0.2, 0.25) is 5.91 Å². The highest BCUT2D eigenvalue weighted by atomic mass is 16.6. The number of ether oxygens (including phenoxy) is 1. The molecule has 2 rings (SSSR count). The van der Waals surface area contributed by atoms with E-state index >= 15 is 0 Å². The Morgan fingerprint density at radius 3 is 2.54 bits per heavy atom. The molecule has 0 radical (unpaired) electrons. The fourth-order valence-electron chi connectivity index (χ4n) is 2.94. The highest BCUT2D eigenvalue weighted by Crippen LogP contribution is 2.25. The number of carbonyl (C=O) groups excluding carboxylic acids is 2. The van der Waals surface area contributed by atoms with Crippen LogP contribution in [0.1, 0.15) is 45.6 Å². The van der Waals surface area contributed by atoms with Gasteiger partial charge in [0.1, 0.15) is 5.60 Å². The summed E-state index contributed by atoms with van der Waals surface area (Å²) in [5.41, 5.74) is 6.64. The lowest BCUT2D eigenvalue weighted by Crippen LogP contribution is -2.38. The zero-order valence-corrected chi connectivity index (χ0v) is 14.6. The van der Waals surface area contributed by atoms with Gasteiger partial charge in [-0.05, 0) is 51.7 Å². The van der Waals surface area contributed by atoms with Gasteiger partial charge >= 0.3 is 6.09 Å². The second kappa shape index (κ2) is 7.55. The molecule has 1 aliphatic carbocycles. The highest BCUT2D eigenvalue weighted by molar-refractivity contribution is 5.78. The Balaban J connectivity index is 1.88. The van der Waals surface area contributed by atoms with Crippen molar-refractivity contribution in [3.8, 4) is 0 Å². The molecule has 1 aromatic carbocycles. The van der Waals surface area contributed by atoms with E-state index in [2.05, 4.69) is 10.6 Å². The molecular formula is C18H27N3O3. The van der Waals surface area contributed by atoms with Crippen LogP contribution in [0.25, 0.3) is 0 Å². The van der Waals surface area contributed by atoms with Crippen molar-refractivity contribution in [2.75, 3.05) is 5.32 Å². The minimum absolute atomic E-state index is 0.0978. The lowest BCUT2D eigenvalue weighted by Gasteiger charge is -2.22. The van der Waals surface area contributed by atoms with Crippen molar-refractivity contribution < 1.29 is 14.3 Å². The standard InChI is InChI=1S/C18H27N3O3/c1-18(2,3)24-17(23)21-14-9-8-13(11-14)20-15-7-5-4-6-12(15)10-16(19)22/h4-7,13-14,20H,8-11H2,1-3H3,(H2,19,22)(H,21,23). The number of benzene rings is 1. The Morgan fingerprint density at radius 2 is 1.88 bits per heavy atom. The molecule has 0 aromatic heterocycles. The summed E-state index contributed by atoms with van der Waals surface area (Å²) >= 11 is 0. The average molecular weight is 333 g/mol. The monoisotopic (exact) mass is 333 g/mol. The number of rotatable bonds is 5. The van der Waals surface area contributed by atoms with Gasteiger partial charge in [0.15, 0.2) is 0 Å². The Labute approximate surface area is 143 Å². The molecule has 2 atom stereocenters. The van der Waals surface area contributed by atoms with Crippen LogP contribution in [-0.2, 0) is 16.0 Å². The molecule has 0 spiro atoms. The van der Waals surface area contributed by atoms with E-state index in [0.29, 0.717) is 0 Å². The maximum Gasteiger partial charge on any atom is 0.407 e. The van der Waals surface area contributed by atoms with Gasteiger partial charge in [-0.15, -0.1) is 0 Å². The van der Waals surface area contributed by atoms with Crippen LogP contribution >= 0.6 is 0 Å². The molecule has 24 heavy (non-hydrogen) atoms. The van der Waals surface area contributed by atoms with Crippen molar-refractivity contribution in [2.45, 2.75) is 64.1 Å². The number of hydrogen-bond donors (Lipinski definition) is 3. The summed E-state index contributed by atoms with van der Waals surface area (Å²) in [6.07, 6.45) is 2.52. The smallest absolute Gasteiger partial charge is 0.407 e. The fraction of sp³-hybridized carbons (Fsp3) is 0.556. The SMILES string of the molecule is CC(C)(C)OC(=O)NC1CCC(Nc2ccccc2CC(N)=O)C1. The molecule has 0 aliphatic heterocycles. The zero-order chi connectivity index (χ0) is 17.7. The first-order chi connectivity index (χ1) is 11.2. The number of nitrogens with one attached hydrogen (secondary N) is 2. The normalized spacial score (nSPS) is 20.5. The van der Waals surface area contributed by atoms with Gasteiger partial charge in [0.25, 0.3) is 0 Å². The summed E-state index contributed by atoms with van der Waals surface area (Å²) in [5.74, 6) is -0.347. The summed E-state index contributed by atoms with van der Waals surface area (Å²) in [4.78, 5) is 23.0. The number of alkyl carbamates (subject to hydrolysis) is 1. The molecular weight excluding hydrogens is 306 g/mol. The fourth-order valence-corrected chi connectivity index (χ4v) is 2.94. The van der Waals surface area contributed by atoms with Crippen LogP contribution in [0.2, 0.25) is 0 Å². The Kier molecular flexibility index (Phi) is 5.70. The molecule has 0 saturated heterocycles. The second-order valence-electron chi connectivity index (χ2n) is 7.30. The van der Waals surface area contributed by atoms with Crippen molar-refractivity contribution in [1.29, 1.82) is 0 Å². The van der Waals surface area contributed by atoms with E-state index in [-0.39, 0.29) is 30.5 Å². The molecule has 4 N–H and O–H groups in total. The Hall–Kier alpha value is -2.24. The second-order valence-corrected chi connectivity index (χ2v) is 7.30. The number of carbonyl (C=O) groups is 2. The van der Waals surface area contributed by atoms with E-state index < -0.39 is 5.60 Å². The Morgan fingerprint density at radius 1 is 1.21 bits per heavy atom. The third kappa shape index (κ3) is 5.76. The molecule has 0 bridgehead atoms.